The highest BCUT2D eigenvalue weighted by molar-refractivity contribution is 6.46. The number of ether oxygens (including phenoxy) is 3. The van der Waals surface area contributed by atoms with Gasteiger partial charge in [0.2, 0.25) is 0 Å². The Hall–Kier alpha value is -3.32. The lowest BCUT2D eigenvalue weighted by Crippen LogP contribution is -2.32. The number of hydrogen-bond donors (Lipinski definition) is 1. The van der Waals surface area contributed by atoms with E-state index in [-0.39, 0.29) is 24.5 Å². The van der Waals surface area contributed by atoms with Gasteiger partial charge >= 0.3 is 0 Å². The van der Waals surface area contributed by atoms with E-state index in [1.165, 1.54) is 12.0 Å². The van der Waals surface area contributed by atoms with Crippen molar-refractivity contribution >= 4 is 17.4 Å². The Kier molecular flexibility index (Phi) is 8.34. The van der Waals surface area contributed by atoms with Crippen molar-refractivity contribution in [3.8, 4) is 11.5 Å². The highest BCUT2D eigenvalue weighted by Gasteiger charge is 2.45. The summed E-state index contributed by atoms with van der Waals surface area (Å²) in [4.78, 5) is 27.4. The minimum Gasteiger partial charge on any atom is -0.507 e. The van der Waals surface area contributed by atoms with E-state index in [1.54, 1.807) is 30.3 Å². The molecule has 0 bridgehead atoms. The molecule has 1 N–H and O–H groups in total. The molecule has 0 unspecified atom stereocenters. The number of rotatable bonds is 10. The first kappa shape index (κ1) is 25.3. The number of nitrogens with zero attached hydrogens (tertiary/aromatic N) is 1. The largest absolute Gasteiger partial charge is 0.507 e. The van der Waals surface area contributed by atoms with Gasteiger partial charge < -0.3 is 24.2 Å². The van der Waals surface area contributed by atoms with Crippen LogP contribution in [0.4, 0.5) is 0 Å². The zero-order chi connectivity index (χ0) is 24.8. The van der Waals surface area contributed by atoms with Gasteiger partial charge in [-0.1, -0.05) is 26.0 Å². The number of carbonyl (C=O) groups is 2. The second-order valence-electron chi connectivity index (χ2n) is 8.67. The first-order valence-corrected chi connectivity index (χ1v) is 11.5. The Labute approximate surface area is 200 Å². The smallest absolute Gasteiger partial charge is 0.295 e. The number of hydrogen-bond acceptors (Lipinski definition) is 6. The lowest BCUT2D eigenvalue weighted by molar-refractivity contribution is -0.140. The highest BCUT2D eigenvalue weighted by Crippen LogP contribution is 2.40. The maximum atomic E-state index is 13.1. The summed E-state index contributed by atoms with van der Waals surface area (Å²) in [5.74, 6) is 0.193. The van der Waals surface area contributed by atoms with E-state index in [0.717, 1.165) is 5.56 Å². The number of ketones is 1. The second-order valence-corrected chi connectivity index (χ2v) is 8.67. The summed E-state index contributed by atoms with van der Waals surface area (Å²) >= 11 is 0. The molecule has 1 heterocycles. The fourth-order valence-corrected chi connectivity index (χ4v) is 3.93. The number of aliphatic hydroxyl groups is 1. The van der Waals surface area contributed by atoms with Gasteiger partial charge in [-0.25, -0.2) is 0 Å². The van der Waals surface area contributed by atoms with E-state index in [2.05, 4.69) is 13.8 Å². The van der Waals surface area contributed by atoms with Crippen molar-refractivity contribution in [1.82, 2.24) is 4.90 Å². The Morgan fingerprint density at radius 2 is 1.79 bits per heavy atom. The Balaban J connectivity index is 2.05. The topological polar surface area (TPSA) is 85.3 Å². The first-order chi connectivity index (χ1) is 16.3. The molecule has 1 saturated heterocycles. The van der Waals surface area contributed by atoms with E-state index in [4.69, 9.17) is 14.2 Å². The number of carbonyl (C=O) groups excluding carboxylic acids is 2. The van der Waals surface area contributed by atoms with Gasteiger partial charge in [-0.3, -0.25) is 9.59 Å². The van der Waals surface area contributed by atoms with Crippen LogP contribution in [0.2, 0.25) is 0 Å². The quantitative estimate of drug-likeness (QED) is 0.315. The fourth-order valence-electron chi connectivity index (χ4n) is 3.93. The number of benzene rings is 2. The molecule has 1 fully saturated rings. The molecule has 2 aromatic carbocycles. The predicted molar refractivity (Wildman–Crippen MR) is 130 cm³/mol. The van der Waals surface area contributed by atoms with Crippen LogP contribution in [0.25, 0.3) is 5.76 Å². The molecular formula is C27H33NO6. The highest BCUT2D eigenvalue weighted by atomic mass is 16.5. The summed E-state index contributed by atoms with van der Waals surface area (Å²) < 4.78 is 16.5. The molecule has 2 aromatic rings. The molecule has 0 aliphatic carbocycles. The molecule has 7 nitrogen and oxygen atoms in total. The third-order valence-corrected chi connectivity index (χ3v) is 5.60. The van der Waals surface area contributed by atoms with Crippen LogP contribution in [0, 0.1) is 12.8 Å². The third-order valence-electron chi connectivity index (χ3n) is 5.60. The summed E-state index contributed by atoms with van der Waals surface area (Å²) in [5.41, 5.74) is 2.04. The predicted octanol–water partition coefficient (Wildman–Crippen LogP) is 4.50. The van der Waals surface area contributed by atoms with E-state index in [1.807, 2.05) is 26.0 Å². The Morgan fingerprint density at radius 1 is 1.09 bits per heavy atom. The normalized spacial score (nSPS) is 17.5. The van der Waals surface area contributed by atoms with Crippen molar-refractivity contribution in [2.24, 2.45) is 5.92 Å². The monoisotopic (exact) mass is 467 g/mol. The maximum absolute atomic E-state index is 13.1. The van der Waals surface area contributed by atoms with Crippen LogP contribution in [-0.2, 0) is 14.3 Å². The lowest BCUT2D eigenvalue weighted by Gasteiger charge is -2.25. The lowest BCUT2D eigenvalue weighted by atomic mass is 9.94. The average molecular weight is 468 g/mol. The number of Topliss-reactive ketones (excluding diaryl/α,β-unsaturated/α-hetero) is 1. The molecule has 0 spiro atoms. The zero-order valence-corrected chi connectivity index (χ0v) is 20.5. The summed E-state index contributed by atoms with van der Waals surface area (Å²) in [6, 6.07) is 11.7. The van der Waals surface area contributed by atoms with Gasteiger partial charge in [0.1, 0.15) is 17.3 Å². The summed E-state index contributed by atoms with van der Waals surface area (Å²) in [6.45, 7) is 9.51. The maximum Gasteiger partial charge on any atom is 0.295 e. The van der Waals surface area contributed by atoms with Gasteiger partial charge in [-0.15, -0.1) is 0 Å². The number of amides is 1. The van der Waals surface area contributed by atoms with E-state index >= 15 is 0 Å². The van der Waals surface area contributed by atoms with Crippen molar-refractivity contribution in [3.05, 3.63) is 64.7 Å². The number of aliphatic hydroxyl groups excluding tert-OH is 1. The molecule has 1 aliphatic rings. The zero-order valence-electron chi connectivity index (χ0n) is 20.5. The van der Waals surface area contributed by atoms with Gasteiger partial charge in [0.15, 0.2) is 0 Å². The van der Waals surface area contributed by atoms with Crippen molar-refractivity contribution < 1.29 is 28.9 Å². The summed E-state index contributed by atoms with van der Waals surface area (Å²) in [6.07, 6.45) is 0. The SMILES string of the molecule is CCOc1ccc([C@H]2/C(=C(\O)c3ccc(OCC(C)C)c(C)c3)C(=O)C(=O)N2CCOC)cc1. The second kappa shape index (κ2) is 11.2. The van der Waals surface area contributed by atoms with Gasteiger partial charge in [0.05, 0.1) is 31.4 Å². The molecular weight excluding hydrogens is 434 g/mol. The van der Waals surface area contributed by atoms with E-state index in [0.29, 0.717) is 41.8 Å². The van der Waals surface area contributed by atoms with E-state index < -0.39 is 17.7 Å². The number of aryl methyl sites for hydroxylation is 1. The van der Waals surface area contributed by atoms with Crippen LogP contribution in [0.15, 0.2) is 48.0 Å². The first-order valence-electron chi connectivity index (χ1n) is 11.5. The number of likely N-dealkylation sites (tertiary alicyclic amines) is 1. The van der Waals surface area contributed by atoms with Gasteiger partial charge in [0, 0.05) is 19.2 Å². The molecule has 1 aliphatic heterocycles. The molecule has 0 aromatic heterocycles. The third kappa shape index (κ3) is 5.42. The van der Waals surface area contributed by atoms with Crippen LogP contribution >= 0.6 is 0 Å². The van der Waals surface area contributed by atoms with Crippen molar-refractivity contribution in [1.29, 1.82) is 0 Å². The Bertz CT molecular complexity index is 1060. The minimum absolute atomic E-state index is 0.0560. The van der Waals surface area contributed by atoms with Crippen molar-refractivity contribution in [2.45, 2.75) is 33.7 Å². The van der Waals surface area contributed by atoms with Crippen LogP contribution in [0.3, 0.4) is 0 Å². The van der Waals surface area contributed by atoms with Crippen molar-refractivity contribution in [2.75, 3.05) is 33.5 Å². The standard InChI is InChI=1S/C27H33NO6/c1-6-33-21-10-7-19(8-11-21)24-23(26(30)27(31)28(24)13-14-32-5)25(29)20-9-12-22(18(4)15-20)34-16-17(2)3/h7-12,15,17,24,29H,6,13-14,16H2,1-5H3/b25-23+/t24-/m0/s1. The van der Waals surface area contributed by atoms with Crippen LogP contribution < -0.4 is 9.47 Å². The van der Waals surface area contributed by atoms with Crippen molar-refractivity contribution in [3.63, 3.8) is 0 Å². The number of methoxy groups -OCH3 is 1. The fraction of sp³-hybridized carbons (Fsp3) is 0.407. The van der Waals surface area contributed by atoms with Crippen LogP contribution in [0.1, 0.15) is 43.5 Å². The van der Waals surface area contributed by atoms with Gasteiger partial charge in [-0.2, -0.15) is 0 Å². The molecule has 0 saturated carbocycles. The molecule has 3 rings (SSSR count). The average Bonchev–Trinajstić information content (AvgIpc) is 3.06. The molecule has 0 radical (unpaired) electrons. The van der Waals surface area contributed by atoms with Crippen LogP contribution in [0.5, 0.6) is 11.5 Å². The van der Waals surface area contributed by atoms with E-state index in [9.17, 15) is 14.7 Å². The molecule has 1 atom stereocenters. The molecule has 34 heavy (non-hydrogen) atoms. The van der Waals surface area contributed by atoms with Gasteiger partial charge in [0.25, 0.3) is 11.7 Å². The molecule has 1 amide bonds. The Morgan fingerprint density at radius 3 is 2.38 bits per heavy atom. The molecule has 182 valence electrons. The van der Waals surface area contributed by atoms with Gasteiger partial charge in [-0.05, 0) is 61.2 Å². The molecule has 7 heteroatoms. The van der Waals surface area contributed by atoms with Crippen LogP contribution in [-0.4, -0.2) is 55.2 Å². The summed E-state index contributed by atoms with van der Waals surface area (Å²) in [7, 11) is 1.54. The summed E-state index contributed by atoms with van der Waals surface area (Å²) in [5, 5.41) is 11.2. The minimum atomic E-state index is -0.733.